The molecular weight excluding hydrogens is 309 g/mol. The molecule has 100 valence electrons. The minimum Gasteiger partial charge on any atom is -0.489 e. The number of rotatable bonds is 4. The van der Waals surface area contributed by atoms with E-state index in [2.05, 4.69) is 15.9 Å². The highest BCUT2D eigenvalue weighted by Gasteiger charge is 2.07. The Balaban J connectivity index is 2.08. The summed E-state index contributed by atoms with van der Waals surface area (Å²) >= 11 is 3.45. The molecule has 19 heavy (non-hydrogen) atoms. The first kappa shape index (κ1) is 14.0. The molecule has 0 aliphatic rings. The molecule has 0 saturated carbocycles. The van der Waals surface area contributed by atoms with Gasteiger partial charge in [0.05, 0.1) is 0 Å². The van der Waals surface area contributed by atoms with Crippen molar-refractivity contribution >= 4 is 15.9 Å². The predicted octanol–water partition coefficient (Wildman–Crippen LogP) is 4.19. The molecule has 0 amide bonds. The molecule has 0 aliphatic carbocycles. The second-order valence-electron chi connectivity index (χ2n) is 4.35. The van der Waals surface area contributed by atoms with Crippen LogP contribution in [0.4, 0.5) is 4.39 Å². The Bertz CT molecular complexity index is 572. The summed E-state index contributed by atoms with van der Waals surface area (Å²) in [5.41, 5.74) is 7.38. The first-order chi connectivity index (χ1) is 9.08. The number of hydrogen-bond donors (Lipinski definition) is 1. The summed E-state index contributed by atoms with van der Waals surface area (Å²) in [6.07, 6.45) is 0. The van der Waals surface area contributed by atoms with Crippen molar-refractivity contribution in [2.75, 3.05) is 0 Å². The van der Waals surface area contributed by atoms with Crippen molar-refractivity contribution in [3.63, 3.8) is 0 Å². The molecule has 0 unspecified atom stereocenters. The third-order valence-corrected chi connectivity index (χ3v) is 3.50. The lowest BCUT2D eigenvalue weighted by atomic mass is 10.1. The van der Waals surface area contributed by atoms with Gasteiger partial charge in [-0.1, -0.05) is 40.2 Å². The third-order valence-electron chi connectivity index (χ3n) is 2.81. The lowest BCUT2D eigenvalue weighted by molar-refractivity contribution is 0.299. The number of hydrogen-bond acceptors (Lipinski definition) is 2. The van der Waals surface area contributed by atoms with Gasteiger partial charge in [0, 0.05) is 16.1 Å². The molecule has 0 aromatic heterocycles. The van der Waals surface area contributed by atoms with Crippen molar-refractivity contribution in [3.8, 4) is 5.75 Å². The number of halogens is 2. The number of ether oxygens (including phenoxy) is 1. The smallest absolute Gasteiger partial charge is 0.129 e. The first-order valence-electron chi connectivity index (χ1n) is 5.99. The van der Waals surface area contributed by atoms with Crippen molar-refractivity contribution < 1.29 is 9.13 Å². The summed E-state index contributed by atoms with van der Waals surface area (Å²) in [6, 6.07) is 12.1. The Labute approximate surface area is 120 Å². The molecule has 0 aliphatic heterocycles. The van der Waals surface area contributed by atoms with E-state index in [-0.39, 0.29) is 18.5 Å². The van der Waals surface area contributed by atoms with Gasteiger partial charge in [0.25, 0.3) is 0 Å². The van der Waals surface area contributed by atoms with E-state index in [1.54, 1.807) is 18.2 Å². The molecule has 4 heteroatoms. The van der Waals surface area contributed by atoms with Crippen LogP contribution in [0.15, 0.2) is 46.9 Å². The molecule has 0 fully saturated rings. The largest absolute Gasteiger partial charge is 0.489 e. The molecule has 0 radical (unpaired) electrons. The van der Waals surface area contributed by atoms with Crippen LogP contribution in [0.3, 0.4) is 0 Å². The van der Waals surface area contributed by atoms with Crippen LogP contribution < -0.4 is 10.5 Å². The van der Waals surface area contributed by atoms with Gasteiger partial charge in [0.1, 0.15) is 18.2 Å². The van der Waals surface area contributed by atoms with Gasteiger partial charge < -0.3 is 10.5 Å². The average molecular weight is 324 g/mol. The second kappa shape index (κ2) is 6.17. The molecule has 1 atom stereocenters. The first-order valence-corrected chi connectivity index (χ1v) is 6.78. The predicted molar refractivity (Wildman–Crippen MR) is 77.5 cm³/mol. The molecule has 2 rings (SSSR count). The van der Waals surface area contributed by atoms with Crippen LogP contribution in [0.5, 0.6) is 5.75 Å². The Morgan fingerprint density at radius 2 is 2.00 bits per heavy atom. The van der Waals surface area contributed by atoms with Crippen LogP contribution in [0.2, 0.25) is 0 Å². The highest BCUT2D eigenvalue weighted by Crippen LogP contribution is 2.27. The van der Waals surface area contributed by atoms with Crippen LogP contribution in [0.1, 0.15) is 24.1 Å². The van der Waals surface area contributed by atoms with Crippen LogP contribution in [-0.2, 0) is 6.61 Å². The molecule has 2 N–H and O–H groups in total. The zero-order valence-electron chi connectivity index (χ0n) is 10.6. The number of nitrogens with two attached hydrogens (primary N) is 1. The molecule has 0 heterocycles. The SMILES string of the molecule is C[C@H](N)c1ccc(OCc2ccccc2F)cc1Br. The monoisotopic (exact) mass is 323 g/mol. The lowest BCUT2D eigenvalue weighted by Gasteiger charge is -2.11. The van der Waals surface area contributed by atoms with E-state index in [1.807, 2.05) is 25.1 Å². The van der Waals surface area contributed by atoms with E-state index in [1.165, 1.54) is 6.07 Å². The van der Waals surface area contributed by atoms with Crippen molar-refractivity contribution in [2.24, 2.45) is 5.73 Å². The minimum atomic E-state index is -0.256. The van der Waals surface area contributed by atoms with Gasteiger partial charge in [-0.05, 0) is 30.7 Å². The van der Waals surface area contributed by atoms with Gasteiger partial charge in [0.2, 0.25) is 0 Å². The fourth-order valence-electron chi connectivity index (χ4n) is 1.74. The van der Waals surface area contributed by atoms with Gasteiger partial charge in [-0.25, -0.2) is 4.39 Å². The van der Waals surface area contributed by atoms with Crippen LogP contribution in [0.25, 0.3) is 0 Å². The molecule has 0 spiro atoms. The summed E-state index contributed by atoms with van der Waals surface area (Å²) in [6.45, 7) is 2.12. The van der Waals surface area contributed by atoms with E-state index < -0.39 is 0 Å². The molecule has 2 aromatic rings. The van der Waals surface area contributed by atoms with E-state index in [0.29, 0.717) is 11.3 Å². The second-order valence-corrected chi connectivity index (χ2v) is 5.21. The van der Waals surface area contributed by atoms with Gasteiger partial charge >= 0.3 is 0 Å². The van der Waals surface area contributed by atoms with Gasteiger partial charge in [-0.15, -0.1) is 0 Å². The Kier molecular flexibility index (Phi) is 4.56. The maximum Gasteiger partial charge on any atom is 0.129 e. The van der Waals surface area contributed by atoms with Crippen LogP contribution in [0, 0.1) is 5.82 Å². The quantitative estimate of drug-likeness (QED) is 0.915. The Morgan fingerprint density at radius 1 is 1.26 bits per heavy atom. The molecular formula is C15H15BrFNO. The molecule has 2 aromatic carbocycles. The number of benzene rings is 2. The van der Waals surface area contributed by atoms with Gasteiger partial charge in [0.15, 0.2) is 0 Å². The minimum absolute atomic E-state index is 0.0463. The summed E-state index contributed by atoms with van der Waals surface area (Å²) < 4.78 is 19.9. The van der Waals surface area contributed by atoms with E-state index in [0.717, 1.165) is 10.0 Å². The van der Waals surface area contributed by atoms with Crippen molar-refractivity contribution in [1.29, 1.82) is 0 Å². The standard InChI is InChI=1S/C15H15BrFNO/c1-10(18)13-7-6-12(8-14(13)16)19-9-11-4-2-3-5-15(11)17/h2-8,10H,9,18H2,1H3/t10-/m0/s1. The molecule has 2 nitrogen and oxygen atoms in total. The summed E-state index contributed by atoms with van der Waals surface area (Å²) in [4.78, 5) is 0. The highest BCUT2D eigenvalue weighted by molar-refractivity contribution is 9.10. The Morgan fingerprint density at radius 3 is 2.63 bits per heavy atom. The zero-order valence-corrected chi connectivity index (χ0v) is 12.2. The van der Waals surface area contributed by atoms with Crippen molar-refractivity contribution in [2.45, 2.75) is 19.6 Å². The van der Waals surface area contributed by atoms with Crippen molar-refractivity contribution in [1.82, 2.24) is 0 Å². The van der Waals surface area contributed by atoms with E-state index in [4.69, 9.17) is 10.5 Å². The third kappa shape index (κ3) is 3.55. The van der Waals surface area contributed by atoms with Crippen LogP contribution in [-0.4, -0.2) is 0 Å². The fraction of sp³-hybridized carbons (Fsp3) is 0.200. The lowest BCUT2D eigenvalue weighted by Crippen LogP contribution is -2.06. The van der Waals surface area contributed by atoms with Crippen LogP contribution >= 0.6 is 15.9 Å². The van der Waals surface area contributed by atoms with E-state index >= 15 is 0 Å². The van der Waals surface area contributed by atoms with Gasteiger partial charge in [-0.3, -0.25) is 0 Å². The zero-order chi connectivity index (χ0) is 13.8. The average Bonchev–Trinajstić information content (AvgIpc) is 2.37. The topological polar surface area (TPSA) is 35.2 Å². The fourth-order valence-corrected chi connectivity index (χ4v) is 2.46. The maximum absolute atomic E-state index is 13.4. The molecule has 0 bridgehead atoms. The summed E-state index contributed by atoms with van der Waals surface area (Å²) in [5.74, 6) is 0.424. The molecule has 0 saturated heterocycles. The Hall–Kier alpha value is -1.39. The summed E-state index contributed by atoms with van der Waals surface area (Å²) in [7, 11) is 0. The highest BCUT2D eigenvalue weighted by atomic mass is 79.9. The van der Waals surface area contributed by atoms with E-state index in [9.17, 15) is 4.39 Å². The van der Waals surface area contributed by atoms with Gasteiger partial charge in [-0.2, -0.15) is 0 Å². The summed E-state index contributed by atoms with van der Waals surface area (Å²) in [5, 5.41) is 0. The maximum atomic E-state index is 13.4. The van der Waals surface area contributed by atoms with Crippen molar-refractivity contribution in [3.05, 3.63) is 63.9 Å². The normalized spacial score (nSPS) is 12.2.